The van der Waals surface area contributed by atoms with Crippen LogP contribution in [0.1, 0.15) is 48.0 Å². The van der Waals surface area contributed by atoms with Crippen molar-refractivity contribution in [2.24, 2.45) is 7.05 Å². The molecule has 0 spiro atoms. The number of carbonyl (C=O) groups excluding carboxylic acids is 2. The Morgan fingerprint density at radius 3 is 2.53 bits per heavy atom. The summed E-state index contributed by atoms with van der Waals surface area (Å²) in [5.74, 6) is -1.02. The second-order valence-electron chi connectivity index (χ2n) is 8.08. The Morgan fingerprint density at radius 1 is 1.20 bits per heavy atom. The van der Waals surface area contributed by atoms with Crippen molar-refractivity contribution in [3.05, 3.63) is 46.7 Å². The second kappa shape index (κ2) is 8.10. The molecule has 30 heavy (non-hydrogen) atoms. The Morgan fingerprint density at radius 2 is 1.93 bits per heavy atom. The number of aliphatic hydroxyl groups is 1. The number of likely N-dealkylation sites (tertiary alicyclic amines) is 2. The summed E-state index contributed by atoms with van der Waals surface area (Å²) in [7, 11) is 1.78. The van der Waals surface area contributed by atoms with Crippen LogP contribution >= 0.6 is 0 Å². The fourth-order valence-corrected chi connectivity index (χ4v) is 4.54. The number of rotatable bonds is 5. The first kappa shape index (κ1) is 20.4. The molecule has 4 heterocycles. The Hall–Kier alpha value is -2.87. The minimum absolute atomic E-state index is 0.0628. The maximum atomic E-state index is 13.0. The molecule has 2 aliphatic heterocycles. The smallest absolute Gasteiger partial charge is 0.295 e. The van der Waals surface area contributed by atoms with E-state index >= 15 is 0 Å². The Labute approximate surface area is 175 Å². The van der Waals surface area contributed by atoms with E-state index in [2.05, 4.69) is 10.00 Å². The number of Topliss-reactive ketones (excluding diaryl/α,β-unsaturated/α-hetero) is 1. The van der Waals surface area contributed by atoms with Crippen molar-refractivity contribution < 1.29 is 19.1 Å². The Bertz CT molecular complexity index is 983. The van der Waals surface area contributed by atoms with Crippen molar-refractivity contribution in [1.29, 1.82) is 0 Å². The highest BCUT2D eigenvalue weighted by molar-refractivity contribution is 6.46. The zero-order valence-electron chi connectivity index (χ0n) is 17.7. The topological polar surface area (TPSA) is 91.8 Å². The highest BCUT2D eigenvalue weighted by Crippen LogP contribution is 2.40. The van der Waals surface area contributed by atoms with Gasteiger partial charge in [0, 0.05) is 25.8 Å². The monoisotopic (exact) mass is 412 g/mol. The molecular formula is C22H28N4O4. The highest BCUT2D eigenvalue weighted by atomic mass is 16.3. The third-order valence-electron chi connectivity index (χ3n) is 6.20. The van der Waals surface area contributed by atoms with E-state index in [1.165, 1.54) is 17.6 Å². The van der Waals surface area contributed by atoms with Crippen molar-refractivity contribution in [3.8, 4) is 0 Å². The van der Waals surface area contributed by atoms with Gasteiger partial charge < -0.3 is 19.3 Å². The van der Waals surface area contributed by atoms with E-state index in [-0.39, 0.29) is 11.3 Å². The number of piperidine rings is 1. The van der Waals surface area contributed by atoms with Crippen LogP contribution in [0.3, 0.4) is 0 Å². The van der Waals surface area contributed by atoms with Crippen LogP contribution in [0.25, 0.3) is 5.76 Å². The van der Waals surface area contributed by atoms with Crippen LogP contribution in [0.15, 0.2) is 28.4 Å². The molecule has 1 amide bonds. The van der Waals surface area contributed by atoms with E-state index in [1.54, 1.807) is 30.8 Å². The van der Waals surface area contributed by atoms with Crippen molar-refractivity contribution in [1.82, 2.24) is 19.6 Å². The average molecular weight is 412 g/mol. The first-order valence-corrected chi connectivity index (χ1v) is 10.4. The summed E-state index contributed by atoms with van der Waals surface area (Å²) in [6.07, 6.45) is 5.05. The minimum Gasteiger partial charge on any atom is -0.507 e. The van der Waals surface area contributed by atoms with Crippen molar-refractivity contribution in [2.45, 2.75) is 39.2 Å². The fraction of sp³-hybridized carbons (Fsp3) is 0.500. The lowest BCUT2D eigenvalue weighted by Gasteiger charge is -2.30. The van der Waals surface area contributed by atoms with Crippen molar-refractivity contribution in [2.75, 3.05) is 26.2 Å². The molecule has 160 valence electrons. The molecule has 0 saturated carbocycles. The standard InChI is InChI=1S/C22H28N4O4/c1-14-17(15(2)24(3)23-14)20(27)18-19(16-8-7-13-30-16)26(22(29)21(18)28)12-11-25-9-5-4-6-10-25/h7-8,13,19,27H,4-6,9-12H2,1-3H3/b20-18+. The lowest BCUT2D eigenvalue weighted by molar-refractivity contribution is -0.140. The molecule has 2 aliphatic rings. The molecule has 2 aromatic heterocycles. The number of ketones is 1. The zero-order valence-corrected chi connectivity index (χ0v) is 17.7. The van der Waals surface area contributed by atoms with Crippen LogP contribution in [-0.2, 0) is 16.6 Å². The molecule has 1 unspecified atom stereocenters. The molecule has 0 bridgehead atoms. The molecule has 0 radical (unpaired) electrons. The van der Waals surface area contributed by atoms with Crippen LogP contribution in [0.4, 0.5) is 0 Å². The van der Waals surface area contributed by atoms with E-state index in [0.717, 1.165) is 31.6 Å². The summed E-state index contributed by atoms with van der Waals surface area (Å²) in [6, 6.07) is 2.71. The Kier molecular flexibility index (Phi) is 5.51. The summed E-state index contributed by atoms with van der Waals surface area (Å²) in [5.41, 5.74) is 1.88. The zero-order chi connectivity index (χ0) is 21.4. The van der Waals surface area contributed by atoms with E-state index in [0.29, 0.717) is 30.1 Å². The van der Waals surface area contributed by atoms with Gasteiger partial charge in [0.1, 0.15) is 17.6 Å². The number of carbonyl (C=O) groups is 2. The molecule has 2 saturated heterocycles. The lowest BCUT2D eigenvalue weighted by atomic mass is 9.98. The highest BCUT2D eigenvalue weighted by Gasteiger charge is 2.47. The van der Waals surface area contributed by atoms with Gasteiger partial charge in [-0.1, -0.05) is 6.42 Å². The molecule has 2 aromatic rings. The summed E-state index contributed by atoms with van der Waals surface area (Å²) in [6.45, 7) is 6.69. The van der Waals surface area contributed by atoms with Gasteiger partial charge in [-0.25, -0.2) is 0 Å². The molecule has 8 heteroatoms. The van der Waals surface area contributed by atoms with Gasteiger partial charge in [0.2, 0.25) is 0 Å². The number of hydrogen-bond donors (Lipinski definition) is 1. The Balaban J connectivity index is 1.74. The fourth-order valence-electron chi connectivity index (χ4n) is 4.54. The van der Waals surface area contributed by atoms with Crippen molar-refractivity contribution >= 4 is 17.4 Å². The first-order chi connectivity index (χ1) is 14.4. The third-order valence-corrected chi connectivity index (χ3v) is 6.20. The molecule has 1 atom stereocenters. The minimum atomic E-state index is -0.746. The van der Waals surface area contributed by atoms with E-state index in [9.17, 15) is 14.7 Å². The van der Waals surface area contributed by atoms with Crippen LogP contribution in [0.2, 0.25) is 0 Å². The summed E-state index contributed by atoms with van der Waals surface area (Å²) in [5, 5.41) is 15.5. The quantitative estimate of drug-likeness (QED) is 0.461. The third kappa shape index (κ3) is 3.45. The number of furan rings is 1. The summed E-state index contributed by atoms with van der Waals surface area (Å²) >= 11 is 0. The number of nitrogens with zero attached hydrogens (tertiary/aromatic N) is 4. The van der Waals surface area contributed by atoms with Gasteiger partial charge in [-0.05, 0) is 51.9 Å². The summed E-state index contributed by atoms with van der Waals surface area (Å²) in [4.78, 5) is 29.8. The molecule has 0 aliphatic carbocycles. The largest absolute Gasteiger partial charge is 0.507 e. The molecule has 0 aromatic carbocycles. The SMILES string of the molecule is Cc1nn(C)c(C)c1/C(O)=C1\C(=O)C(=O)N(CCN2CCCCC2)C1c1ccco1. The molecular weight excluding hydrogens is 384 g/mol. The number of amides is 1. The van der Waals surface area contributed by atoms with Gasteiger partial charge >= 0.3 is 0 Å². The number of hydrogen-bond acceptors (Lipinski definition) is 6. The van der Waals surface area contributed by atoms with Crippen LogP contribution < -0.4 is 0 Å². The molecule has 4 rings (SSSR count). The molecule has 8 nitrogen and oxygen atoms in total. The van der Waals surface area contributed by atoms with Gasteiger partial charge in [0.25, 0.3) is 11.7 Å². The van der Waals surface area contributed by atoms with E-state index < -0.39 is 17.7 Å². The lowest BCUT2D eigenvalue weighted by Crippen LogP contribution is -2.39. The van der Waals surface area contributed by atoms with Gasteiger partial charge in [0.05, 0.1) is 23.1 Å². The van der Waals surface area contributed by atoms with Crippen LogP contribution in [-0.4, -0.2) is 62.6 Å². The van der Waals surface area contributed by atoms with Crippen LogP contribution in [0, 0.1) is 13.8 Å². The van der Waals surface area contributed by atoms with Crippen molar-refractivity contribution in [3.63, 3.8) is 0 Å². The molecule has 2 fully saturated rings. The van der Waals surface area contributed by atoms with Gasteiger partial charge in [-0.15, -0.1) is 0 Å². The van der Waals surface area contributed by atoms with Gasteiger partial charge in [-0.3, -0.25) is 14.3 Å². The van der Waals surface area contributed by atoms with Crippen LogP contribution in [0.5, 0.6) is 0 Å². The maximum absolute atomic E-state index is 13.0. The maximum Gasteiger partial charge on any atom is 0.295 e. The van der Waals surface area contributed by atoms with Gasteiger partial charge in [-0.2, -0.15) is 5.10 Å². The first-order valence-electron chi connectivity index (χ1n) is 10.4. The second-order valence-corrected chi connectivity index (χ2v) is 8.08. The molecule has 1 N–H and O–H groups in total. The summed E-state index contributed by atoms with van der Waals surface area (Å²) < 4.78 is 7.24. The normalized spacial score (nSPS) is 22.2. The predicted octanol–water partition coefficient (Wildman–Crippen LogP) is 2.54. The van der Waals surface area contributed by atoms with Gasteiger partial charge in [0.15, 0.2) is 0 Å². The number of aromatic nitrogens is 2. The predicted molar refractivity (Wildman–Crippen MR) is 111 cm³/mol. The van der Waals surface area contributed by atoms with E-state index in [4.69, 9.17) is 4.42 Å². The number of aryl methyl sites for hydroxylation is 2. The van der Waals surface area contributed by atoms with E-state index in [1.807, 2.05) is 6.92 Å². The average Bonchev–Trinajstić information content (AvgIpc) is 3.41. The number of aliphatic hydroxyl groups excluding tert-OH is 1.